The fourth-order valence-corrected chi connectivity index (χ4v) is 2.87. The summed E-state index contributed by atoms with van der Waals surface area (Å²) in [6.45, 7) is 3.79. The Bertz CT molecular complexity index is 697. The molecule has 0 spiro atoms. The molecular weight excluding hydrogens is 292 g/mol. The summed E-state index contributed by atoms with van der Waals surface area (Å²) in [4.78, 5) is 20.2. The highest BCUT2D eigenvalue weighted by molar-refractivity contribution is 5.94. The van der Waals surface area contributed by atoms with Crippen molar-refractivity contribution in [3.63, 3.8) is 0 Å². The van der Waals surface area contributed by atoms with Crippen LogP contribution in [0.15, 0.2) is 24.7 Å². The van der Waals surface area contributed by atoms with E-state index < -0.39 is 5.41 Å². The Morgan fingerprint density at radius 1 is 1.57 bits per heavy atom. The Kier molecular flexibility index (Phi) is 4.02. The maximum Gasteiger partial charge on any atom is 0.268 e. The van der Waals surface area contributed by atoms with Crippen LogP contribution in [0, 0.1) is 5.41 Å². The first-order valence-corrected chi connectivity index (χ1v) is 8.00. The SMILES string of the molecule is Cn1ccnc1[C@@H](NC(=O)c1[nH]ccc1C1CC1)C(C)(C)CO. The van der Waals surface area contributed by atoms with Gasteiger partial charge in [-0.1, -0.05) is 13.8 Å². The molecule has 0 unspecified atom stereocenters. The molecule has 2 aromatic rings. The van der Waals surface area contributed by atoms with Crippen molar-refractivity contribution in [3.05, 3.63) is 41.7 Å². The Morgan fingerprint density at radius 3 is 2.87 bits per heavy atom. The number of carbonyl (C=O) groups is 1. The average Bonchev–Trinajstić information content (AvgIpc) is 3.09. The fraction of sp³-hybridized carbons (Fsp3) is 0.529. The number of nitrogens with zero attached hydrogens (tertiary/aromatic N) is 2. The molecule has 0 aliphatic heterocycles. The van der Waals surface area contributed by atoms with Gasteiger partial charge in [-0.25, -0.2) is 4.98 Å². The molecule has 6 heteroatoms. The highest BCUT2D eigenvalue weighted by Crippen LogP contribution is 2.41. The number of nitrogens with one attached hydrogen (secondary N) is 2. The summed E-state index contributed by atoms with van der Waals surface area (Å²) in [5.41, 5.74) is 1.18. The van der Waals surface area contributed by atoms with Crippen LogP contribution in [-0.2, 0) is 7.05 Å². The van der Waals surface area contributed by atoms with E-state index in [9.17, 15) is 9.90 Å². The van der Waals surface area contributed by atoms with Gasteiger partial charge in [-0.2, -0.15) is 0 Å². The molecule has 6 nitrogen and oxygen atoms in total. The minimum Gasteiger partial charge on any atom is -0.396 e. The molecule has 2 heterocycles. The lowest BCUT2D eigenvalue weighted by Crippen LogP contribution is -2.41. The zero-order valence-electron chi connectivity index (χ0n) is 13.8. The van der Waals surface area contributed by atoms with Crippen molar-refractivity contribution >= 4 is 5.91 Å². The van der Waals surface area contributed by atoms with Gasteiger partial charge in [0.2, 0.25) is 0 Å². The standard InChI is InChI=1S/C17H24N4O2/c1-17(2,10-22)14(15-19-8-9-21(15)3)20-16(23)13-12(6-7-18-13)11-4-5-11/h6-9,11,14,18,22H,4-5,10H2,1-3H3,(H,20,23)/t14-/m1/s1. The number of aliphatic hydroxyl groups excluding tert-OH is 1. The topological polar surface area (TPSA) is 82.9 Å². The third-order valence-corrected chi connectivity index (χ3v) is 4.60. The first kappa shape index (κ1) is 15.8. The van der Waals surface area contributed by atoms with Gasteiger partial charge >= 0.3 is 0 Å². The molecule has 1 atom stereocenters. The number of H-pyrrole nitrogens is 1. The molecule has 1 saturated carbocycles. The Balaban J connectivity index is 1.88. The first-order valence-electron chi connectivity index (χ1n) is 8.00. The molecule has 1 fully saturated rings. The third kappa shape index (κ3) is 3.03. The van der Waals surface area contributed by atoms with E-state index >= 15 is 0 Å². The molecule has 1 aliphatic carbocycles. The minimum absolute atomic E-state index is 0.0506. The largest absolute Gasteiger partial charge is 0.396 e. The van der Waals surface area contributed by atoms with E-state index in [1.807, 2.05) is 43.9 Å². The van der Waals surface area contributed by atoms with Gasteiger partial charge in [0.15, 0.2) is 0 Å². The Morgan fingerprint density at radius 2 is 2.30 bits per heavy atom. The highest BCUT2D eigenvalue weighted by atomic mass is 16.3. The van der Waals surface area contributed by atoms with E-state index in [-0.39, 0.29) is 18.6 Å². The van der Waals surface area contributed by atoms with Crippen molar-refractivity contribution in [1.29, 1.82) is 0 Å². The van der Waals surface area contributed by atoms with Crippen LogP contribution < -0.4 is 5.32 Å². The number of hydrogen-bond acceptors (Lipinski definition) is 3. The zero-order valence-corrected chi connectivity index (χ0v) is 13.8. The normalized spacial score (nSPS) is 16.3. The van der Waals surface area contributed by atoms with Gasteiger partial charge < -0.3 is 20.0 Å². The number of aliphatic hydroxyl groups is 1. The van der Waals surface area contributed by atoms with Crippen molar-refractivity contribution in [3.8, 4) is 0 Å². The lowest BCUT2D eigenvalue weighted by molar-refractivity contribution is 0.0786. The quantitative estimate of drug-likeness (QED) is 0.763. The molecular formula is C17H24N4O2. The molecule has 0 radical (unpaired) electrons. The van der Waals surface area contributed by atoms with E-state index in [1.165, 1.54) is 0 Å². The number of imidazole rings is 1. The molecule has 2 aromatic heterocycles. The van der Waals surface area contributed by atoms with Crippen LogP contribution >= 0.6 is 0 Å². The third-order valence-electron chi connectivity index (χ3n) is 4.60. The van der Waals surface area contributed by atoms with Crippen molar-refractivity contribution in [2.75, 3.05) is 6.61 Å². The summed E-state index contributed by atoms with van der Waals surface area (Å²) in [6, 6.07) is 1.61. The van der Waals surface area contributed by atoms with Gasteiger partial charge in [0, 0.05) is 31.1 Å². The number of carbonyl (C=O) groups excluding carboxylic acids is 1. The summed E-state index contributed by atoms with van der Waals surface area (Å²) >= 11 is 0. The van der Waals surface area contributed by atoms with Crippen LogP contribution in [0.25, 0.3) is 0 Å². The smallest absolute Gasteiger partial charge is 0.268 e. The monoisotopic (exact) mass is 316 g/mol. The molecule has 3 rings (SSSR count). The van der Waals surface area contributed by atoms with Crippen LogP contribution in [0.1, 0.15) is 60.5 Å². The maximum absolute atomic E-state index is 12.8. The van der Waals surface area contributed by atoms with Gasteiger partial charge in [-0.3, -0.25) is 4.79 Å². The predicted octanol–water partition coefficient (Wildman–Crippen LogP) is 2.12. The predicted molar refractivity (Wildman–Crippen MR) is 87.0 cm³/mol. The Labute approximate surface area is 135 Å². The van der Waals surface area contributed by atoms with Gasteiger partial charge in [-0.05, 0) is 30.4 Å². The molecule has 0 aromatic carbocycles. The number of aryl methyl sites for hydroxylation is 1. The number of amides is 1. The second kappa shape index (κ2) is 5.85. The summed E-state index contributed by atoms with van der Waals surface area (Å²) in [6.07, 6.45) is 7.64. The van der Waals surface area contributed by atoms with Crippen molar-refractivity contribution in [2.24, 2.45) is 12.5 Å². The van der Waals surface area contributed by atoms with E-state index in [2.05, 4.69) is 15.3 Å². The van der Waals surface area contributed by atoms with Crippen molar-refractivity contribution < 1.29 is 9.90 Å². The van der Waals surface area contributed by atoms with Crippen LogP contribution in [0.5, 0.6) is 0 Å². The molecule has 23 heavy (non-hydrogen) atoms. The molecule has 3 N–H and O–H groups in total. The number of aromatic amines is 1. The van der Waals surface area contributed by atoms with Crippen LogP contribution in [-0.4, -0.2) is 32.2 Å². The van der Waals surface area contributed by atoms with E-state index in [0.717, 1.165) is 24.2 Å². The number of rotatable bonds is 6. The lowest BCUT2D eigenvalue weighted by Gasteiger charge is -2.32. The fourth-order valence-electron chi connectivity index (χ4n) is 2.87. The molecule has 0 saturated heterocycles. The molecule has 0 bridgehead atoms. The van der Waals surface area contributed by atoms with Gasteiger partial charge in [0.05, 0.1) is 12.6 Å². The summed E-state index contributed by atoms with van der Waals surface area (Å²) in [7, 11) is 1.89. The summed E-state index contributed by atoms with van der Waals surface area (Å²) < 4.78 is 1.87. The second-order valence-corrected chi connectivity index (χ2v) is 7.03. The summed E-state index contributed by atoms with van der Waals surface area (Å²) in [5, 5.41) is 12.8. The van der Waals surface area contributed by atoms with Crippen molar-refractivity contribution in [1.82, 2.24) is 19.9 Å². The van der Waals surface area contributed by atoms with E-state index in [0.29, 0.717) is 11.6 Å². The van der Waals surface area contributed by atoms with E-state index in [4.69, 9.17) is 0 Å². The van der Waals surface area contributed by atoms with Crippen LogP contribution in [0.3, 0.4) is 0 Å². The van der Waals surface area contributed by atoms with E-state index in [1.54, 1.807) is 6.20 Å². The van der Waals surface area contributed by atoms with Gasteiger partial charge in [0.25, 0.3) is 5.91 Å². The molecule has 124 valence electrons. The first-order chi connectivity index (χ1) is 10.9. The average molecular weight is 316 g/mol. The number of hydrogen-bond donors (Lipinski definition) is 3. The van der Waals surface area contributed by atoms with Gasteiger partial charge in [-0.15, -0.1) is 0 Å². The van der Waals surface area contributed by atoms with Crippen LogP contribution in [0.4, 0.5) is 0 Å². The number of aromatic nitrogens is 3. The zero-order chi connectivity index (χ0) is 16.6. The Hall–Kier alpha value is -2.08. The highest BCUT2D eigenvalue weighted by Gasteiger charge is 2.36. The van der Waals surface area contributed by atoms with Crippen molar-refractivity contribution in [2.45, 2.75) is 38.6 Å². The second-order valence-electron chi connectivity index (χ2n) is 7.03. The summed E-state index contributed by atoms with van der Waals surface area (Å²) in [5.74, 6) is 1.09. The maximum atomic E-state index is 12.8. The molecule has 1 aliphatic rings. The van der Waals surface area contributed by atoms with Gasteiger partial charge in [0.1, 0.15) is 11.5 Å². The van der Waals surface area contributed by atoms with Crippen LogP contribution in [0.2, 0.25) is 0 Å². The lowest BCUT2D eigenvalue weighted by atomic mass is 9.84. The minimum atomic E-state index is -0.527. The molecule has 1 amide bonds.